The van der Waals surface area contributed by atoms with Gasteiger partial charge in [0.2, 0.25) is 0 Å². The van der Waals surface area contributed by atoms with Crippen molar-refractivity contribution in [2.75, 3.05) is 26.9 Å². The summed E-state index contributed by atoms with van der Waals surface area (Å²) in [4.78, 5) is 31.4. The summed E-state index contributed by atoms with van der Waals surface area (Å²) in [5, 5.41) is 0. The Morgan fingerprint density at radius 1 is 1.03 bits per heavy atom. The molecule has 0 spiro atoms. The number of halogens is 1. The van der Waals surface area contributed by atoms with Crippen molar-refractivity contribution in [2.24, 2.45) is 4.99 Å². The van der Waals surface area contributed by atoms with Crippen molar-refractivity contribution in [1.29, 1.82) is 0 Å². The first-order chi connectivity index (χ1) is 17.9. The van der Waals surface area contributed by atoms with E-state index in [-0.39, 0.29) is 11.1 Å². The number of nitrogens with zero attached hydrogens (tertiary/aromatic N) is 2. The summed E-state index contributed by atoms with van der Waals surface area (Å²) in [5.41, 5.74) is 1.55. The zero-order chi connectivity index (χ0) is 26.5. The van der Waals surface area contributed by atoms with Crippen molar-refractivity contribution in [3.05, 3.63) is 82.6 Å². The topological polar surface area (TPSA) is 88.3 Å². The summed E-state index contributed by atoms with van der Waals surface area (Å²) in [7, 11) is 1.31. The minimum Gasteiger partial charge on any atom is -0.493 e. The molecule has 8 nitrogen and oxygen atoms in total. The molecular weight excluding hydrogens is 607 g/mol. The Morgan fingerprint density at radius 3 is 2.38 bits per heavy atom. The Labute approximate surface area is 232 Å². The highest BCUT2D eigenvalue weighted by atomic mass is 127. The highest BCUT2D eigenvalue weighted by molar-refractivity contribution is 14.1. The fourth-order valence-corrected chi connectivity index (χ4v) is 5.68. The Balaban J connectivity index is 1.86. The molecule has 1 aliphatic heterocycles. The number of hydrogen-bond acceptors (Lipinski definition) is 8. The van der Waals surface area contributed by atoms with Crippen LogP contribution in [-0.2, 0) is 9.53 Å². The molecule has 1 atom stereocenters. The number of hydrogen-bond donors (Lipinski definition) is 0. The van der Waals surface area contributed by atoms with E-state index in [4.69, 9.17) is 18.9 Å². The minimum absolute atomic E-state index is 0.251. The van der Waals surface area contributed by atoms with Gasteiger partial charge in [0.25, 0.3) is 5.56 Å². The predicted molar refractivity (Wildman–Crippen MR) is 150 cm³/mol. The number of carbonyl (C=O) groups excluding carboxylic acids is 1. The van der Waals surface area contributed by atoms with Crippen molar-refractivity contribution in [3.8, 4) is 17.2 Å². The molecule has 0 unspecified atom stereocenters. The molecule has 10 heteroatoms. The van der Waals surface area contributed by atoms with Gasteiger partial charge in [-0.05, 0) is 84.8 Å². The number of benzene rings is 2. The summed E-state index contributed by atoms with van der Waals surface area (Å²) in [6.07, 6.45) is 3.30. The van der Waals surface area contributed by atoms with Crippen molar-refractivity contribution in [3.63, 3.8) is 0 Å². The van der Waals surface area contributed by atoms with E-state index < -0.39 is 12.0 Å². The summed E-state index contributed by atoms with van der Waals surface area (Å²) in [5.74, 6) is 1.37. The minimum atomic E-state index is -0.735. The molecule has 3 aromatic rings. The second kappa shape index (κ2) is 12.0. The Bertz CT molecular complexity index is 1520. The van der Waals surface area contributed by atoms with Gasteiger partial charge in [0, 0.05) is 6.20 Å². The number of aromatic nitrogens is 1. The van der Waals surface area contributed by atoms with Crippen LogP contribution >= 0.6 is 33.9 Å². The number of ether oxygens (including phenoxy) is 4. The lowest BCUT2D eigenvalue weighted by molar-refractivity contribution is -0.136. The monoisotopic (exact) mass is 634 g/mol. The largest absolute Gasteiger partial charge is 0.493 e. The van der Waals surface area contributed by atoms with Crippen LogP contribution in [0, 0.1) is 3.57 Å². The maximum atomic E-state index is 13.7. The molecule has 37 heavy (non-hydrogen) atoms. The molecule has 0 radical (unpaired) electrons. The van der Waals surface area contributed by atoms with Gasteiger partial charge in [-0.1, -0.05) is 23.5 Å². The van der Waals surface area contributed by atoms with E-state index in [1.807, 2.05) is 51.1 Å². The number of rotatable bonds is 9. The third-order valence-electron chi connectivity index (χ3n) is 5.56. The molecular formula is C27H27IN2O6S. The van der Waals surface area contributed by atoms with Crippen LogP contribution in [0.3, 0.4) is 0 Å². The van der Waals surface area contributed by atoms with Gasteiger partial charge in [0.1, 0.15) is 5.75 Å². The lowest BCUT2D eigenvalue weighted by Gasteiger charge is -2.23. The maximum absolute atomic E-state index is 13.7. The van der Waals surface area contributed by atoms with Crippen molar-refractivity contribution >= 4 is 46.0 Å². The van der Waals surface area contributed by atoms with Crippen LogP contribution in [0.2, 0.25) is 0 Å². The fraction of sp³-hybridized carbons (Fsp3) is 0.296. The van der Waals surface area contributed by atoms with Gasteiger partial charge in [-0.2, -0.15) is 0 Å². The van der Waals surface area contributed by atoms with E-state index in [9.17, 15) is 9.59 Å². The summed E-state index contributed by atoms with van der Waals surface area (Å²) >= 11 is 3.48. The average molecular weight is 634 g/mol. The molecule has 0 amide bonds. The molecule has 4 rings (SSSR count). The highest BCUT2D eigenvalue weighted by Crippen LogP contribution is 2.35. The normalized spacial score (nSPS) is 14.9. The van der Waals surface area contributed by atoms with Crippen molar-refractivity contribution < 1.29 is 23.7 Å². The average Bonchev–Trinajstić information content (AvgIpc) is 3.21. The highest BCUT2D eigenvalue weighted by Gasteiger charge is 2.31. The molecule has 0 N–H and O–H groups in total. The molecule has 0 aliphatic carbocycles. The summed E-state index contributed by atoms with van der Waals surface area (Å²) < 4.78 is 25.1. The van der Waals surface area contributed by atoms with Crippen molar-refractivity contribution in [2.45, 2.75) is 26.8 Å². The van der Waals surface area contributed by atoms with Crippen LogP contribution in [0.5, 0.6) is 17.2 Å². The van der Waals surface area contributed by atoms with Crippen LogP contribution < -0.4 is 29.1 Å². The molecule has 1 aromatic heterocycles. The van der Waals surface area contributed by atoms with Crippen molar-refractivity contribution in [1.82, 2.24) is 4.57 Å². The van der Waals surface area contributed by atoms with Gasteiger partial charge in [-0.3, -0.25) is 9.36 Å². The number of esters is 1. The lowest BCUT2D eigenvalue weighted by Crippen LogP contribution is -2.39. The SMILES string of the molecule is CCOc1ccc(/C=c2\sc3n(c2=O)[C@H](c2ccc(OCC)c(OCC)c2)C(C(=O)OC)=CN=3)cc1I. The van der Waals surface area contributed by atoms with Gasteiger partial charge in [-0.15, -0.1) is 0 Å². The number of thiazole rings is 1. The van der Waals surface area contributed by atoms with E-state index in [0.29, 0.717) is 46.2 Å². The summed E-state index contributed by atoms with van der Waals surface area (Å²) in [6.45, 7) is 7.20. The van der Waals surface area contributed by atoms with Crippen LogP contribution in [0.15, 0.2) is 58.0 Å². The van der Waals surface area contributed by atoms with Gasteiger partial charge in [-0.25, -0.2) is 9.79 Å². The molecule has 0 saturated carbocycles. The first kappa shape index (κ1) is 26.9. The zero-order valence-electron chi connectivity index (χ0n) is 20.9. The molecule has 194 valence electrons. The third-order valence-corrected chi connectivity index (χ3v) is 7.40. The summed E-state index contributed by atoms with van der Waals surface area (Å²) in [6, 6.07) is 10.4. The quantitative estimate of drug-likeness (QED) is 0.263. The standard InChI is InChI=1S/C27H27IN2O6S/c1-5-34-20-10-8-16(12-19(20)28)13-23-25(31)30-24(18(26(32)33-4)15-29-27(30)37-23)17-9-11-21(35-6-2)22(14-17)36-7-3/h8-15,24H,5-7H2,1-4H3/b23-13-/t24-/m1/s1. The van der Waals surface area contributed by atoms with Crippen LogP contribution in [0.25, 0.3) is 6.08 Å². The van der Waals surface area contributed by atoms with E-state index in [0.717, 1.165) is 14.9 Å². The number of carbonyl (C=O) groups is 1. The number of methoxy groups -OCH3 is 1. The number of fused-ring (bicyclic) bond motifs is 1. The van der Waals surface area contributed by atoms with Gasteiger partial charge >= 0.3 is 5.97 Å². The molecule has 0 fully saturated rings. The molecule has 2 heterocycles. The lowest BCUT2D eigenvalue weighted by atomic mass is 9.97. The van der Waals surface area contributed by atoms with Crippen LogP contribution in [-0.4, -0.2) is 37.5 Å². The third kappa shape index (κ3) is 5.59. The molecule has 0 saturated heterocycles. The van der Waals surface area contributed by atoms with Gasteiger partial charge < -0.3 is 18.9 Å². The Kier molecular flexibility index (Phi) is 8.70. The van der Waals surface area contributed by atoms with E-state index >= 15 is 0 Å². The van der Waals surface area contributed by atoms with E-state index in [1.54, 1.807) is 12.1 Å². The first-order valence-electron chi connectivity index (χ1n) is 11.8. The van der Waals surface area contributed by atoms with Crippen LogP contribution in [0.1, 0.15) is 37.9 Å². The fourth-order valence-electron chi connectivity index (χ4n) is 4.02. The Morgan fingerprint density at radius 2 is 1.70 bits per heavy atom. The van der Waals surface area contributed by atoms with Gasteiger partial charge in [0.05, 0.1) is 46.6 Å². The van der Waals surface area contributed by atoms with E-state index in [1.165, 1.54) is 29.2 Å². The maximum Gasteiger partial charge on any atom is 0.337 e. The second-order valence-corrected chi connectivity index (χ2v) is 10.0. The van der Waals surface area contributed by atoms with E-state index in [2.05, 4.69) is 27.6 Å². The van der Waals surface area contributed by atoms with Crippen LogP contribution in [0.4, 0.5) is 0 Å². The second-order valence-electron chi connectivity index (χ2n) is 7.87. The van der Waals surface area contributed by atoms with Gasteiger partial charge in [0.15, 0.2) is 16.3 Å². The predicted octanol–water partition coefficient (Wildman–Crippen LogP) is 3.82. The first-order valence-corrected chi connectivity index (χ1v) is 13.7. The molecule has 0 bridgehead atoms. The zero-order valence-corrected chi connectivity index (χ0v) is 23.9. The Hall–Kier alpha value is -3.12. The molecule has 1 aliphatic rings. The smallest absolute Gasteiger partial charge is 0.337 e. The molecule has 2 aromatic carbocycles.